The molecule has 0 N–H and O–H groups in total. The third-order valence-corrected chi connectivity index (χ3v) is 5.36. The summed E-state index contributed by atoms with van der Waals surface area (Å²) in [4.78, 5) is 2.42. The Bertz CT molecular complexity index is 386. The molecule has 0 aliphatic carbocycles. The lowest BCUT2D eigenvalue weighted by atomic mass is 10.2. The SMILES string of the molecule is CCC1CN(Cc2cccc(F)c2Br)CCS1. The molecule has 1 saturated heterocycles. The Kier molecular flexibility index (Phi) is 4.88. The maximum Gasteiger partial charge on any atom is 0.137 e. The minimum absolute atomic E-state index is 0.166. The second kappa shape index (κ2) is 6.21. The third-order valence-electron chi connectivity index (χ3n) is 3.10. The van der Waals surface area contributed by atoms with E-state index in [-0.39, 0.29) is 5.82 Å². The van der Waals surface area contributed by atoms with Gasteiger partial charge in [0, 0.05) is 30.6 Å². The first-order valence-corrected chi connectivity index (χ1v) is 7.81. The maximum absolute atomic E-state index is 13.4. The number of halogens is 2. The molecule has 1 aromatic carbocycles. The van der Waals surface area contributed by atoms with E-state index in [1.54, 1.807) is 6.07 Å². The molecule has 0 spiro atoms. The molecule has 1 nitrogen and oxygen atoms in total. The first-order valence-electron chi connectivity index (χ1n) is 5.97. The van der Waals surface area contributed by atoms with Crippen LogP contribution in [0.2, 0.25) is 0 Å². The predicted molar refractivity (Wildman–Crippen MR) is 75.9 cm³/mol. The second-order valence-corrected chi connectivity index (χ2v) is 6.55. The fourth-order valence-corrected chi connectivity index (χ4v) is 3.72. The Labute approximate surface area is 115 Å². The van der Waals surface area contributed by atoms with Gasteiger partial charge in [0.25, 0.3) is 0 Å². The van der Waals surface area contributed by atoms with Gasteiger partial charge < -0.3 is 0 Å². The van der Waals surface area contributed by atoms with Gasteiger partial charge in [-0.2, -0.15) is 11.8 Å². The average molecular weight is 318 g/mol. The van der Waals surface area contributed by atoms with Gasteiger partial charge in [0.05, 0.1) is 4.47 Å². The summed E-state index contributed by atoms with van der Waals surface area (Å²) in [5.74, 6) is 1.02. The molecule has 2 rings (SSSR count). The van der Waals surface area contributed by atoms with Gasteiger partial charge >= 0.3 is 0 Å². The largest absolute Gasteiger partial charge is 0.297 e. The monoisotopic (exact) mass is 317 g/mol. The van der Waals surface area contributed by atoms with Gasteiger partial charge in [0.15, 0.2) is 0 Å². The van der Waals surface area contributed by atoms with Crippen LogP contribution in [0.5, 0.6) is 0 Å². The second-order valence-electron chi connectivity index (χ2n) is 4.35. The van der Waals surface area contributed by atoms with Crippen LogP contribution < -0.4 is 0 Å². The van der Waals surface area contributed by atoms with E-state index >= 15 is 0 Å². The molecule has 0 bridgehead atoms. The molecule has 0 saturated carbocycles. The van der Waals surface area contributed by atoms with Gasteiger partial charge in [0.1, 0.15) is 5.82 Å². The lowest BCUT2D eigenvalue weighted by Gasteiger charge is -2.32. The highest BCUT2D eigenvalue weighted by Crippen LogP contribution is 2.25. The molecule has 1 unspecified atom stereocenters. The van der Waals surface area contributed by atoms with E-state index in [1.807, 2.05) is 6.07 Å². The molecule has 4 heteroatoms. The van der Waals surface area contributed by atoms with Crippen LogP contribution in [-0.4, -0.2) is 29.0 Å². The zero-order chi connectivity index (χ0) is 12.3. The van der Waals surface area contributed by atoms with Gasteiger partial charge in [-0.25, -0.2) is 4.39 Å². The highest BCUT2D eigenvalue weighted by atomic mass is 79.9. The molecule has 0 aromatic heterocycles. The molecule has 94 valence electrons. The summed E-state index contributed by atoms with van der Waals surface area (Å²) in [7, 11) is 0. The summed E-state index contributed by atoms with van der Waals surface area (Å²) in [6.45, 7) is 5.29. The van der Waals surface area contributed by atoms with Crippen LogP contribution in [0, 0.1) is 5.82 Å². The summed E-state index contributed by atoms with van der Waals surface area (Å²) in [5, 5.41) is 0.732. The molecule has 0 radical (unpaired) electrons. The van der Waals surface area contributed by atoms with Gasteiger partial charge in [0.2, 0.25) is 0 Å². The normalized spacial score (nSPS) is 21.7. The van der Waals surface area contributed by atoms with Crippen LogP contribution in [-0.2, 0) is 6.54 Å². The van der Waals surface area contributed by atoms with E-state index < -0.39 is 0 Å². The van der Waals surface area contributed by atoms with Gasteiger partial charge in [-0.15, -0.1) is 0 Å². The van der Waals surface area contributed by atoms with E-state index in [0.717, 1.165) is 30.4 Å². The van der Waals surface area contributed by atoms with Crippen LogP contribution in [0.25, 0.3) is 0 Å². The van der Waals surface area contributed by atoms with Gasteiger partial charge in [-0.1, -0.05) is 19.1 Å². The summed E-state index contributed by atoms with van der Waals surface area (Å²) < 4.78 is 14.0. The Hall–Kier alpha value is -0.0600. The van der Waals surface area contributed by atoms with E-state index in [9.17, 15) is 4.39 Å². The third kappa shape index (κ3) is 3.46. The lowest BCUT2D eigenvalue weighted by Crippen LogP contribution is -2.37. The van der Waals surface area contributed by atoms with Gasteiger partial charge in [-0.05, 0) is 34.0 Å². The van der Waals surface area contributed by atoms with Crippen molar-refractivity contribution in [1.29, 1.82) is 0 Å². The van der Waals surface area contributed by atoms with E-state index in [1.165, 1.54) is 18.2 Å². The molecule has 0 amide bonds. The average Bonchev–Trinajstić information content (AvgIpc) is 2.35. The van der Waals surface area contributed by atoms with Crippen molar-refractivity contribution in [1.82, 2.24) is 4.90 Å². The fraction of sp³-hybridized carbons (Fsp3) is 0.538. The molecule has 1 fully saturated rings. The summed E-state index contributed by atoms with van der Waals surface area (Å²) in [5.41, 5.74) is 1.05. The molecule has 1 aliphatic heterocycles. The topological polar surface area (TPSA) is 3.24 Å². The van der Waals surface area contributed by atoms with Crippen molar-refractivity contribution in [3.8, 4) is 0 Å². The Morgan fingerprint density at radius 2 is 2.35 bits per heavy atom. The standard InChI is InChI=1S/C13H17BrFNS/c1-2-11-9-16(6-7-17-11)8-10-4-3-5-12(15)13(10)14/h3-5,11H,2,6-9H2,1H3. The first-order chi connectivity index (χ1) is 8.20. The zero-order valence-corrected chi connectivity index (χ0v) is 12.4. The van der Waals surface area contributed by atoms with E-state index in [2.05, 4.69) is 39.5 Å². The number of nitrogens with zero attached hydrogens (tertiary/aromatic N) is 1. The molecular formula is C13H17BrFNS. The zero-order valence-electron chi connectivity index (χ0n) is 9.96. The van der Waals surface area contributed by atoms with Crippen molar-refractivity contribution < 1.29 is 4.39 Å². The molecular weight excluding hydrogens is 301 g/mol. The van der Waals surface area contributed by atoms with Crippen LogP contribution in [0.15, 0.2) is 22.7 Å². The summed E-state index contributed by atoms with van der Waals surface area (Å²) in [6, 6.07) is 5.27. The Balaban J connectivity index is 2.02. The predicted octanol–water partition coefficient (Wildman–Crippen LogP) is 3.92. The van der Waals surface area contributed by atoms with Crippen molar-refractivity contribution in [3.63, 3.8) is 0 Å². The molecule has 17 heavy (non-hydrogen) atoms. The fourth-order valence-electron chi connectivity index (χ4n) is 2.08. The van der Waals surface area contributed by atoms with Crippen molar-refractivity contribution in [3.05, 3.63) is 34.1 Å². The van der Waals surface area contributed by atoms with Crippen molar-refractivity contribution in [2.24, 2.45) is 0 Å². The lowest BCUT2D eigenvalue weighted by molar-refractivity contribution is 0.272. The van der Waals surface area contributed by atoms with Crippen LogP contribution in [0.3, 0.4) is 0 Å². The van der Waals surface area contributed by atoms with Gasteiger partial charge in [-0.3, -0.25) is 4.90 Å². The highest BCUT2D eigenvalue weighted by molar-refractivity contribution is 9.10. The van der Waals surface area contributed by atoms with Crippen LogP contribution in [0.1, 0.15) is 18.9 Å². The molecule has 1 aromatic rings. The van der Waals surface area contributed by atoms with Crippen LogP contribution in [0.4, 0.5) is 4.39 Å². The number of hydrogen-bond acceptors (Lipinski definition) is 2. The quantitative estimate of drug-likeness (QED) is 0.831. The highest BCUT2D eigenvalue weighted by Gasteiger charge is 2.19. The molecule has 1 aliphatic rings. The minimum atomic E-state index is -0.166. The Morgan fingerprint density at radius 3 is 3.12 bits per heavy atom. The van der Waals surface area contributed by atoms with Crippen LogP contribution >= 0.6 is 27.7 Å². The number of rotatable bonds is 3. The molecule has 1 atom stereocenters. The summed E-state index contributed by atoms with van der Waals surface area (Å²) >= 11 is 5.39. The molecule has 1 heterocycles. The van der Waals surface area contributed by atoms with E-state index in [0.29, 0.717) is 4.47 Å². The Morgan fingerprint density at radius 1 is 1.53 bits per heavy atom. The number of thioether (sulfide) groups is 1. The van der Waals surface area contributed by atoms with Crippen molar-refractivity contribution >= 4 is 27.7 Å². The minimum Gasteiger partial charge on any atom is -0.297 e. The van der Waals surface area contributed by atoms with E-state index in [4.69, 9.17) is 0 Å². The summed E-state index contributed by atoms with van der Waals surface area (Å²) in [6.07, 6.45) is 1.21. The van der Waals surface area contributed by atoms with Crippen molar-refractivity contribution in [2.45, 2.75) is 25.1 Å². The smallest absolute Gasteiger partial charge is 0.137 e. The first kappa shape index (κ1) is 13.4. The van der Waals surface area contributed by atoms with Crippen molar-refractivity contribution in [2.75, 3.05) is 18.8 Å². The number of benzene rings is 1. The maximum atomic E-state index is 13.4. The number of hydrogen-bond donors (Lipinski definition) is 0.